The standard InChI is InChI=1S/C14H12ClNO4S/c15-12-8-11(14(17)18)6-7-13(12)16-21(19,20)9-10-4-2-1-3-5-10/h1-8,16H,9H2,(H,17,18). The topological polar surface area (TPSA) is 83.5 Å². The Bertz CT molecular complexity index is 760. The van der Waals surface area contributed by atoms with E-state index in [2.05, 4.69) is 4.72 Å². The summed E-state index contributed by atoms with van der Waals surface area (Å²) in [5.74, 6) is -1.32. The number of carboxylic acids is 1. The zero-order chi connectivity index (χ0) is 15.5. The molecule has 0 unspecified atom stereocenters. The average molecular weight is 326 g/mol. The average Bonchev–Trinajstić information content (AvgIpc) is 2.41. The number of rotatable bonds is 5. The Labute approximate surface area is 127 Å². The quantitative estimate of drug-likeness (QED) is 0.885. The highest BCUT2D eigenvalue weighted by atomic mass is 35.5. The third-order valence-electron chi connectivity index (χ3n) is 2.68. The Morgan fingerprint density at radius 1 is 1.14 bits per heavy atom. The predicted octanol–water partition coefficient (Wildman–Crippen LogP) is 2.98. The van der Waals surface area contributed by atoms with Gasteiger partial charge in [0.1, 0.15) is 0 Å². The maximum absolute atomic E-state index is 12.1. The van der Waals surface area contributed by atoms with Crippen LogP contribution in [-0.4, -0.2) is 19.5 Å². The second-order valence-corrected chi connectivity index (χ2v) is 6.48. The summed E-state index contributed by atoms with van der Waals surface area (Å²) < 4.78 is 26.5. The SMILES string of the molecule is O=C(O)c1ccc(NS(=O)(=O)Cc2ccccc2)c(Cl)c1. The molecule has 2 N–H and O–H groups in total. The van der Waals surface area contributed by atoms with E-state index < -0.39 is 16.0 Å². The van der Waals surface area contributed by atoms with Crippen LogP contribution in [0.1, 0.15) is 15.9 Å². The fourth-order valence-corrected chi connectivity index (χ4v) is 3.23. The van der Waals surface area contributed by atoms with Crippen molar-refractivity contribution in [2.75, 3.05) is 4.72 Å². The van der Waals surface area contributed by atoms with Crippen molar-refractivity contribution in [2.24, 2.45) is 0 Å². The smallest absolute Gasteiger partial charge is 0.335 e. The Morgan fingerprint density at radius 2 is 1.81 bits per heavy atom. The van der Waals surface area contributed by atoms with Gasteiger partial charge in [0.2, 0.25) is 10.0 Å². The van der Waals surface area contributed by atoms with E-state index in [-0.39, 0.29) is 22.0 Å². The van der Waals surface area contributed by atoms with Crippen molar-refractivity contribution in [1.82, 2.24) is 0 Å². The highest BCUT2D eigenvalue weighted by Crippen LogP contribution is 2.24. The minimum atomic E-state index is -3.63. The molecule has 0 heterocycles. The third kappa shape index (κ3) is 4.21. The molecule has 0 radical (unpaired) electrons. The van der Waals surface area contributed by atoms with Gasteiger partial charge in [0, 0.05) is 0 Å². The molecule has 0 bridgehead atoms. The molecule has 2 aromatic carbocycles. The lowest BCUT2D eigenvalue weighted by atomic mass is 10.2. The lowest BCUT2D eigenvalue weighted by Crippen LogP contribution is -2.15. The number of halogens is 1. The van der Waals surface area contributed by atoms with E-state index in [9.17, 15) is 13.2 Å². The van der Waals surface area contributed by atoms with E-state index in [0.717, 1.165) is 0 Å². The first kappa shape index (κ1) is 15.3. The summed E-state index contributed by atoms with van der Waals surface area (Å²) in [4.78, 5) is 10.8. The molecule has 0 aliphatic heterocycles. The van der Waals surface area contributed by atoms with E-state index in [1.165, 1.54) is 18.2 Å². The number of nitrogens with one attached hydrogen (secondary N) is 1. The van der Waals surface area contributed by atoms with Crippen molar-refractivity contribution in [2.45, 2.75) is 5.75 Å². The summed E-state index contributed by atoms with van der Waals surface area (Å²) in [5.41, 5.74) is 0.784. The van der Waals surface area contributed by atoms with E-state index in [1.54, 1.807) is 30.3 Å². The molecule has 0 spiro atoms. The van der Waals surface area contributed by atoms with Gasteiger partial charge in [-0.05, 0) is 23.8 Å². The molecule has 0 aromatic heterocycles. The molecule has 2 aromatic rings. The van der Waals surface area contributed by atoms with Crippen LogP contribution >= 0.6 is 11.6 Å². The number of benzene rings is 2. The number of carboxylic acid groups (broad SMARTS) is 1. The van der Waals surface area contributed by atoms with Crippen LogP contribution in [0, 0.1) is 0 Å². The molecular formula is C14H12ClNO4S. The molecule has 7 heteroatoms. The normalized spacial score (nSPS) is 11.1. The number of aromatic carboxylic acids is 1. The first-order valence-electron chi connectivity index (χ1n) is 5.95. The molecule has 0 amide bonds. The Balaban J connectivity index is 2.19. The maximum Gasteiger partial charge on any atom is 0.335 e. The second-order valence-electron chi connectivity index (χ2n) is 4.35. The first-order valence-corrected chi connectivity index (χ1v) is 7.98. The van der Waals surface area contributed by atoms with Crippen LogP contribution in [0.2, 0.25) is 5.02 Å². The van der Waals surface area contributed by atoms with Gasteiger partial charge in [0.15, 0.2) is 0 Å². The second kappa shape index (κ2) is 6.15. The van der Waals surface area contributed by atoms with E-state index >= 15 is 0 Å². The summed E-state index contributed by atoms with van der Waals surface area (Å²) >= 11 is 5.89. The van der Waals surface area contributed by atoms with E-state index in [4.69, 9.17) is 16.7 Å². The van der Waals surface area contributed by atoms with Crippen LogP contribution in [-0.2, 0) is 15.8 Å². The molecule has 0 aliphatic rings. The van der Waals surface area contributed by atoms with E-state index in [1.807, 2.05) is 0 Å². The minimum Gasteiger partial charge on any atom is -0.478 e. The van der Waals surface area contributed by atoms with Crippen molar-refractivity contribution < 1.29 is 18.3 Å². The summed E-state index contributed by atoms with van der Waals surface area (Å²) in [6.45, 7) is 0. The Hall–Kier alpha value is -2.05. The Morgan fingerprint density at radius 3 is 2.38 bits per heavy atom. The highest BCUT2D eigenvalue weighted by molar-refractivity contribution is 7.91. The lowest BCUT2D eigenvalue weighted by molar-refractivity contribution is 0.0697. The van der Waals surface area contributed by atoms with Gasteiger partial charge in [0.25, 0.3) is 0 Å². The molecule has 0 saturated carbocycles. The van der Waals surface area contributed by atoms with Crippen LogP contribution in [0.4, 0.5) is 5.69 Å². The molecule has 21 heavy (non-hydrogen) atoms. The van der Waals surface area contributed by atoms with Crippen molar-refractivity contribution in [3.8, 4) is 0 Å². The van der Waals surface area contributed by atoms with E-state index in [0.29, 0.717) is 5.56 Å². The molecule has 5 nitrogen and oxygen atoms in total. The predicted molar refractivity (Wildman–Crippen MR) is 81.1 cm³/mol. The highest BCUT2D eigenvalue weighted by Gasteiger charge is 2.14. The number of hydrogen-bond acceptors (Lipinski definition) is 3. The van der Waals surface area contributed by atoms with Gasteiger partial charge in [-0.1, -0.05) is 41.9 Å². The lowest BCUT2D eigenvalue weighted by Gasteiger charge is -2.10. The largest absolute Gasteiger partial charge is 0.478 e. The van der Waals surface area contributed by atoms with Gasteiger partial charge in [0.05, 0.1) is 22.0 Å². The van der Waals surface area contributed by atoms with Crippen molar-refractivity contribution in [3.05, 3.63) is 64.7 Å². The monoisotopic (exact) mass is 325 g/mol. The van der Waals surface area contributed by atoms with Crippen LogP contribution in [0.25, 0.3) is 0 Å². The number of sulfonamides is 1. The van der Waals surface area contributed by atoms with Crippen LogP contribution in [0.5, 0.6) is 0 Å². The fraction of sp³-hybridized carbons (Fsp3) is 0.0714. The first-order chi connectivity index (χ1) is 9.87. The molecule has 0 aliphatic carbocycles. The Kier molecular flexibility index (Phi) is 4.50. The zero-order valence-corrected chi connectivity index (χ0v) is 12.4. The van der Waals surface area contributed by atoms with Crippen LogP contribution in [0.3, 0.4) is 0 Å². The summed E-state index contributed by atoms with van der Waals surface area (Å²) in [5, 5.41) is 8.86. The van der Waals surface area contributed by atoms with Crippen molar-refractivity contribution in [3.63, 3.8) is 0 Å². The zero-order valence-electron chi connectivity index (χ0n) is 10.8. The van der Waals surface area contributed by atoms with Gasteiger partial charge < -0.3 is 5.11 Å². The molecule has 0 fully saturated rings. The molecule has 0 atom stereocenters. The number of carbonyl (C=O) groups is 1. The minimum absolute atomic E-state index is 0.00833. The fourth-order valence-electron chi connectivity index (χ4n) is 1.73. The summed E-state index contributed by atoms with van der Waals surface area (Å²) in [6.07, 6.45) is 0. The maximum atomic E-state index is 12.1. The van der Waals surface area contributed by atoms with Crippen molar-refractivity contribution in [1.29, 1.82) is 0 Å². The number of hydrogen-bond donors (Lipinski definition) is 2. The molecule has 0 saturated heterocycles. The van der Waals surface area contributed by atoms with Crippen LogP contribution in [0.15, 0.2) is 48.5 Å². The summed E-state index contributed by atoms with van der Waals surface area (Å²) in [6, 6.07) is 12.5. The van der Waals surface area contributed by atoms with Gasteiger partial charge in [-0.2, -0.15) is 0 Å². The number of anilines is 1. The molecule has 110 valence electrons. The molecule has 2 rings (SSSR count). The van der Waals surface area contributed by atoms with Gasteiger partial charge >= 0.3 is 5.97 Å². The molecular weight excluding hydrogens is 314 g/mol. The van der Waals surface area contributed by atoms with Crippen molar-refractivity contribution >= 4 is 33.3 Å². The van der Waals surface area contributed by atoms with Crippen LogP contribution < -0.4 is 4.72 Å². The van der Waals surface area contributed by atoms with Gasteiger partial charge in [-0.15, -0.1) is 0 Å². The van der Waals surface area contributed by atoms with Gasteiger partial charge in [-0.25, -0.2) is 13.2 Å². The summed E-state index contributed by atoms with van der Waals surface area (Å²) in [7, 11) is -3.63. The van der Waals surface area contributed by atoms with Gasteiger partial charge in [-0.3, -0.25) is 4.72 Å². The third-order valence-corrected chi connectivity index (χ3v) is 4.24.